The number of hydrogen-bond acceptors (Lipinski definition) is 3. The predicted molar refractivity (Wildman–Crippen MR) is 86.8 cm³/mol. The van der Waals surface area contributed by atoms with Gasteiger partial charge in [-0.3, -0.25) is 0 Å². The fourth-order valence-corrected chi connectivity index (χ4v) is 3.25. The Kier molecular flexibility index (Phi) is 4.29. The number of aryl methyl sites for hydroxylation is 1. The van der Waals surface area contributed by atoms with E-state index in [4.69, 9.17) is 21.3 Å². The van der Waals surface area contributed by atoms with Crippen LogP contribution in [0.1, 0.15) is 29.9 Å². The summed E-state index contributed by atoms with van der Waals surface area (Å²) in [5.74, 6) is 0.794. The second kappa shape index (κ2) is 6.03. The molecule has 0 unspecified atom stereocenters. The van der Waals surface area contributed by atoms with Gasteiger partial charge < -0.3 is 4.74 Å². The summed E-state index contributed by atoms with van der Waals surface area (Å²) < 4.78 is 6.32. The quantitative estimate of drug-likeness (QED) is 0.742. The van der Waals surface area contributed by atoms with Gasteiger partial charge in [-0.1, -0.05) is 41.9 Å². The monoisotopic (exact) mass is 366 g/mol. The molecule has 0 radical (unpaired) electrons. The summed E-state index contributed by atoms with van der Waals surface area (Å²) in [6.45, 7) is 3.37. The lowest BCUT2D eigenvalue weighted by molar-refractivity contribution is 0.0604. The number of benzene rings is 1. The van der Waals surface area contributed by atoms with Crippen LogP contribution in [0.25, 0.3) is 0 Å². The minimum absolute atomic E-state index is 0.214. The maximum absolute atomic E-state index is 6.26. The Morgan fingerprint density at radius 1 is 1.14 bits per heavy atom. The molecule has 3 nitrogen and oxygen atoms in total. The first-order valence-corrected chi connectivity index (χ1v) is 8.14. The molecular weight excluding hydrogens is 352 g/mol. The number of hydrogen-bond donors (Lipinski definition) is 0. The van der Waals surface area contributed by atoms with Crippen molar-refractivity contribution in [2.75, 3.05) is 13.2 Å². The van der Waals surface area contributed by atoms with Crippen LogP contribution in [0.2, 0.25) is 5.15 Å². The Balaban J connectivity index is 2.17. The molecular formula is C16H16BrClN2O. The predicted octanol–water partition coefficient (Wildman–Crippen LogP) is 4.30. The van der Waals surface area contributed by atoms with E-state index in [1.54, 1.807) is 0 Å². The average molecular weight is 368 g/mol. The van der Waals surface area contributed by atoms with E-state index in [0.717, 1.165) is 28.8 Å². The number of halogens is 2. The van der Waals surface area contributed by atoms with Crippen molar-refractivity contribution in [2.45, 2.75) is 25.2 Å². The van der Waals surface area contributed by atoms with Gasteiger partial charge in [-0.05, 0) is 41.3 Å². The fraction of sp³-hybridized carbons (Fsp3) is 0.375. The molecule has 0 aliphatic carbocycles. The van der Waals surface area contributed by atoms with E-state index < -0.39 is 0 Å². The SMILES string of the molecule is Cc1nc(C2(c3ccccc3)CCOCC2)nc(Cl)c1Br. The number of aromatic nitrogens is 2. The van der Waals surface area contributed by atoms with Gasteiger partial charge in [0.1, 0.15) is 11.0 Å². The van der Waals surface area contributed by atoms with E-state index in [2.05, 4.69) is 45.2 Å². The van der Waals surface area contributed by atoms with E-state index in [-0.39, 0.29) is 5.41 Å². The smallest absolute Gasteiger partial charge is 0.147 e. The highest BCUT2D eigenvalue weighted by Gasteiger charge is 2.39. The maximum Gasteiger partial charge on any atom is 0.147 e. The molecule has 0 spiro atoms. The molecule has 0 bridgehead atoms. The first-order chi connectivity index (χ1) is 10.1. The Hall–Kier alpha value is -0.970. The Bertz CT molecular complexity index is 619. The van der Waals surface area contributed by atoms with Crippen molar-refractivity contribution in [3.8, 4) is 0 Å². The molecule has 0 saturated carbocycles. The average Bonchev–Trinajstić information content (AvgIpc) is 2.53. The zero-order chi connectivity index (χ0) is 14.9. The lowest BCUT2D eigenvalue weighted by Crippen LogP contribution is -2.37. The molecule has 1 saturated heterocycles. The molecule has 21 heavy (non-hydrogen) atoms. The maximum atomic E-state index is 6.26. The van der Waals surface area contributed by atoms with Gasteiger partial charge >= 0.3 is 0 Å². The number of rotatable bonds is 2. The van der Waals surface area contributed by atoms with Crippen LogP contribution in [-0.2, 0) is 10.2 Å². The van der Waals surface area contributed by atoms with Crippen LogP contribution < -0.4 is 0 Å². The molecule has 0 amide bonds. The lowest BCUT2D eigenvalue weighted by Gasteiger charge is -2.36. The second-order valence-corrected chi connectivity index (χ2v) is 6.45. The Labute approximate surface area is 137 Å². The third-order valence-electron chi connectivity index (χ3n) is 4.08. The van der Waals surface area contributed by atoms with Gasteiger partial charge in [0.05, 0.1) is 15.6 Å². The van der Waals surface area contributed by atoms with Crippen LogP contribution in [0, 0.1) is 6.92 Å². The lowest BCUT2D eigenvalue weighted by atomic mass is 9.73. The third kappa shape index (κ3) is 2.72. The van der Waals surface area contributed by atoms with Crippen LogP contribution in [0.4, 0.5) is 0 Å². The highest BCUT2D eigenvalue weighted by molar-refractivity contribution is 9.10. The zero-order valence-electron chi connectivity index (χ0n) is 11.8. The van der Waals surface area contributed by atoms with E-state index in [1.165, 1.54) is 5.56 Å². The van der Waals surface area contributed by atoms with Crippen LogP contribution in [0.5, 0.6) is 0 Å². The number of nitrogens with zero attached hydrogens (tertiary/aromatic N) is 2. The standard InChI is InChI=1S/C16H16BrClN2O/c1-11-13(17)14(18)20-15(19-11)16(7-9-21-10-8-16)12-5-3-2-4-6-12/h2-6H,7-10H2,1H3. The highest BCUT2D eigenvalue weighted by Crippen LogP contribution is 2.40. The number of ether oxygens (including phenoxy) is 1. The van der Waals surface area contributed by atoms with E-state index in [0.29, 0.717) is 18.4 Å². The van der Waals surface area contributed by atoms with Crippen molar-refractivity contribution < 1.29 is 4.74 Å². The summed E-state index contributed by atoms with van der Waals surface area (Å²) in [5.41, 5.74) is 1.88. The Morgan fingerprint density at radius 2 is 1.81 bits per heavy atom. The second-order valence-electron chi connectivity index (χ2n) is 5.30. The molecule has 1 fully saturated rings. The summed E-state index contributed by atoms with van der Waals surface area (Å²) in [5, 5.41) is 0.472. The van der Waals surface area contributed by atoms with Crippen molar-refractivity contribution in [3.63, 3.8) is 0 Å². The van der Waals surface area contributed by atoms with Crippen LogP contribution in [0.15, 0.2) is 34.8 Å². The van der Waals surface area contributed by atoms with Crippen molar-refractivity contribution in [3.05, 3.63) is 57.0 Å². The van der Waals surface area contributed by atoms with Gasteiger partial charge in [-0.25, -0.2) is 9.97 Å². The van der Waals surface area contributed by atoms with E-state index in [9.17, 15) is 0 Å². The Morgan fingerprint density at radius 3 is 2.43 bits per heavy atom. The van der Waals surface area contributed by atoms with Crippen molar-refractivity contribution in [1.29, 1.82) is 0 Å². The summed E-state index contributed by atoms with van der Waals surface area (Å²) in [7, 11) is 0. The first kappa shape index (κ1) is 14.9. The van der Waals surface area contributed by atoms with E-state index >= 15 is 0 Å². The van der Waals surface area contributed by atoms with Crippen LogP contribution in [-0.4, -0.2) is 23.2 Å². The van der Waals surface area contributed by atoms with Crippen molar-refractivity contribution >= 4 is 27.5 Å². The third-order valence-corrected chi connectivity index (χ3v) is 5.53. The summed E-state index contributed by atoms with van der Waals surface area (Å²) >= 11 is 9.69. The first-order valence-electron chi connectivity index (χ1n) is 6.97. The molecule has 2 aromatic rings. The van der Waals surface area contributed by atoms with Gasteiger partial charge in [0.25, 0.3) is 0 Å². The molecule has 0 atom stereocenters. The summed E-state index contributed by atoms with van der Waals surface area (Å²) in [4.78, 5) is 9.27. The van der Waals surface area contributed by atoms with Gasteiger partial charge in [0.15, 0.2) is 0 Å². The normalized spacial score (nSPS) is 17.7. The molecule has 1 aromatic heterocycles. The van der Waals surface area contributed by atoms with Gasteiger partial charge in [-0.2, -0.15) is 0 Å². The highest BCUT2D eigenvalue weighted by atomic mass is 79.9. The van der Waals surface area contributed by atoms with Crippen molar-refractivity contribution in [2.24, 2.45) is 0 Å². The molecule has 1 aromatic carbocycles. The summed E-state index contributed by atoms with van der Waals surface area (Å²) in [6.07, 6.45) is 1.74. The zero-order valence-corrected chi connectivity index (χ0v) is 14.1. The molecule has 1 aliphatic heterocycles. The summed E-state index contributed by atoms with van der Waals surface area (Å²) in [6, 6.07) is 10.4. The molecule has 3 rings (SSSR count). The van der Waals surface area contributed by atoms with Gasteiger partial charge in [0.2, 0.25) is 0 Å². The van der Waals surface area contributed by atoms with Crippen LogP contribution >= 0.6 is 27.5 Å². The van der Waals surface area contributed by atoms with Crippen molar-refractivity contribution in [1.82, 2.24) is 9.97 Å². The topological polar surface area (TPSA) is 35.0 Å². The van der Waals surface area contributed by atoms with E-state index in [1.807, 2.05) is 13.0 Å². The minimum atomic E-state index is -0.214. The molecule has 5 heteroatoms. The van der Waals surface area contributed by atoms with Crippen LogP contribution in [0.3, 0.4) is 0 Å². The fourth-order valence-electron chi connectivity index (χ4n) is 2.86. The van der Waals surface area contributed by atoms with Gasteiger partial charge in [-0.15, -0.1) is 0 Å². The van der Waals surface area contributed by atoms with Gasteiger partial charge in [0, 0.05) is 13.2 Å². The molecule has 2 heterocycles. The molecule has 1 aliphatic rings. The largest absolute Gasteiger partial charge is 0.381 e. The minimum Gasteiger partial charge on any atom is -0.381 e. The molecule has 110 valence electrons. The molecule has 0 N–H and O–H groups in total.